The third-order valence-electron chi connectivity index (χ3n) is 3.59. The maximum atomic E-state index is 12.2. The quantitative estimate of drug-likeness (QED) is 0.837. The van der Waals surface area contributed by atoms with Gasteiger partial charge in [0.2, 0.25) is 5.91 Å². The van der Waals surface area contributed by atoms with Gasteiger partial charge in [0.25, 0.3) is 0 Å². The predicted molar refractivity (Wildman–Crippen MR) is 84.4 cm³/mol. The van der Waals surface area contributed by atoms with Crippen LogP contribution in [0.2, 0.25) is 0 Å². The lowest BCUT2D eigenvalue weighted by molar-refractivity contribution is -0.133. The highest BCUT2D eigenvalue weighted by atomic mass is 16.2. The molecule has 5 nitrogen and oxygen atoms in total. The number of carbonyl (C=O) groups excluding carboxylic acids is 1. The van der Waals surface area contributed by atoms with Gasteiger partial charge in [-0.05, 0) is 19.3 Å². The third-order valence-corrected chi connectivity index (χ3v) is 3.59. The number of nitrogens with zero attached hydrogens (tertiary/aromatic N) is 4. The fourth-order valence-corrected chi connectivity index (χ4v) is 2.61. The molecule has 1 saturated heterocycles. The lowest BCUT2D eigenvalue weighted by Crippen LogP contribution is -2.49. The minimum absolute atomic E-state index is 0.0507. The van der Waals surface area contributed by atoms with Crippen LogP contribution in [0.5, 0.6) is 0 Å². The van der Waals surface area contributed by atoms with Gasteiger partial charge in [0, 0.05) is 44.4 Å². The molecule has 0 saturated carbocycles. The molecule has 0 aliphatic carbocycles. The maximum absolute atomic E-state index is 12.2. The molecule has 1 aromatic rings. The SMILES string of the molecule is Cc1cc(N2CCN(C(=O)CC(C)(C)C)CC2)nc(C)n1. The molecule has 1 amide bonds. The van der Waals surface area contributed by atoms with Crippen molar-refractivity contribution in [2.75, 3.05) is 31.1 Å². The van der Waals surface area contributed by atoms with Gasteiger partial charge < -0.3 is 9.80 Å². The van der Waals surface area contributed by atoms with E-state index in [0.717, 1.165) is 43.5 Å². The first-order valence-electron chi connectivity index (χ1n) is 7.60. The number of hydrogen-bond acceptors (Lipinski definition) is 4. The normalized spacial score (nSPS) is 16.2. The van der Waals surface area contributed by atoms with Crippen molar-refractivity contribution in [3.63, 3.8) is 0 Å². The molecule has 1 fully saturated rings. The van der Waals surface area contributed by atoms with Crippen molar-refractivity contribution in [1.82, 2.24) is 14.9 Å². The van der Waals surface area contributed by atoms with Crippen LogP contribution in [0.3, 0.4) is 0 Å². The van der Waals surface area contributed by atoms with Crippen LogP contribution in [0.15, 0.2) is 6.07 Å². The first kappa shape index (κ1) is 15.7. The predicted octanol–water partition coefficient (Wildman–Crippen LogP) is 2.18. The summed E-state index contributed by atoms with van der Waals surface area (Å²) in [7, 11) is 0. The highest BCUT2D eigenvalue weighted by Crippen LogP contribution is 2.21. The average molecular weight is 290 g/mol. The molecule has 0 bridgehead atoms. The van der Waals surface area contributed by atoms with Crippen molar-refractivity contribution in [1.29, 1.82) is 0 Å². The van der Waals surface area contributed by atoms with Crippen LogP contribution in [0, 0.1) is 19.3 Å². The monoisotopic (exact) mass is 290 g/mol. The zero-order chi connectivity index (χ0) is 15.6. The summed E-state index contributed by atoms with van der Waals surface area (Å²) >= 11 is 0. The Balaban J connectivity index is 1.95. The Morgan fingerprint density at radius 1 is 1.14 bits per heavy atom. The second-order valence-corrected chi connectivity index (χ2v) is 7.02. The Kier molecular flexibility index (Phi) is 4.49. The average Bonchev–Trinajstić information content (AvgIpc) is 2.35. The van der Waals surface area contributed by atoms with Gasteiger partial charge in [0.1, 0.15) is 11.6 Å². The Morgan fingerprint density at radius 2 is 1.76 bits per heavy atom. The van der Waals surface area contributed by atoms with Crippen molar-refractivity contribution < 1.29 is 4.79 Å². The molecule has 0 spiro atoms. The smallest absolute Gasteiger partial charge is 0.223 e. The highest BCUT2D eigenvalue weighted by molar-refractivity contribution is 5.77. The first-order chi connectivity index (χ1) is 9.74. The van der Waals surface area contributed by atoms with Crippen LogP contribution >= 0.6 is 0 Å². The number of hydrogen-bond donors (Lipinski definition) is 0. The summed E-state index contributed by atoms with van der Waals surface area (Å²) in [5, 5.41) is 0. The Morgan fingerprint density at radius 3 is 2.29 bits per heavy atom. The Labute approximate surface area is 127 Å². The van der Waals surface area contributed by atoms with Gasteiger partial charge in [-0.3, -0.25) is 4.79 Å². The molecule has 1 aliphatic heterocycles. The van der Waals surface area contributed by atoms with Crippen LogP contribution in [-0.4, -0.2) is 47.0 Å². The van der Waals surface area contributed by atoms with Gasteiger partial charge in [0.05, 0.1) is 0 Å². The van der Waals surface area contributed by atoms with Gasteiger partial charge in [-0.25, -0.2) is 9.97 Å². The Hall–Kier alpha value is -1.65. The summed E-state index contributed by atoms with van der Waals surface area (Å²) in [6, 6.07) is 2.01. The van der Waals surface area contributed by atoms with E-state index >= 15 is 0 Å². The zero-order valence-electron chi connectivity index (χ0n) is 13.8. The minimum Gasteiger partial charge on any atom is -0.353 e. The number of piperazine rings is 1. The molecule has 1 aromatic heterocycles. The fraction of sp³-hybridized carbons (Fsp3) is 0.688. The lowest BCUT2D eigenvalue weighted by Gasteiger charge is -2.36. The maximum Gasteiger partial charge on any atom is 0.223 e. The van der Waals surface area contributed by atoms with Crippen molar-refractivity contribution in [2.24, 2.45) is 5.41 Å². The van der Waals surface area contributed by atoms with Gasteiger partial charge in [-0.1, -0.05) is 20.8 Å². The number of rotatable bonds is 2. The molecule has 1 aliphatic rings. The Bertz CT molecular complexity index is 493. The van der Waals surface area contributed by atoms with Gasteiger partial charge in [-0.2, -0.15) is 0 Å². The number of amides is 1. The van der Waals surface area contributed by atoms with Crippen molar-refractivity contribution in [2.45, 2.75) is 41.0 Å². The van der Waals surface area contributed by atoms with E-state index in [4.69, 9.17) is 0 Å². The van der Waals surface area contributed by atoms with Crippen molar-refractivity contribution >= 4 is 11.7 Å². The summed E-state index contributed by atoms with van der Waals surface area (Å²) in [6.07, 6.45) is 0.610. The summed E-state index contributed by atoms with van der Waals surface area (Å²) in [6.45, 7) is 13.4. The van der Waals surface area contributed by atoms with Crippen molar-refractivity contribution in [3.05, 3.63) is 17.6 Å². The van der Waals surface area contributed by atoms with Gasteiger partial charge in [0.15, 0.2) is 0 Å². The molecule has 116 valence electrons. The number of aromatic nitrogens is 2. The summed E-state index contributed by atoms with van der Waals surface area (Å²) in [5.41, 5.74) is 1.04. The lowest BCUT2D eigenvalue weighted by atomic mass is 9.91. The highest BCUT2D eigenvalue weighted by Gasteiger charge is 2.25. The molecule has 21 heavy (non-hydrogen) atoms. The first-order valence-corrected chi connectivity index (χ1v) is 7.60. The number of aryl methyl sites for hydroxylation is 2. The molecule has 0 radical (unpaired) electrons. The van der Waals surface area contributed by atoms with E-state index in [1.165, 1.54) is 0 Å². The fourth-order valence-electron chi connectivity index (χ4n) is 2.61. The second kappa shape index (κ2) is 6.00. The second-order valence-electron chi connectivity index (χ2n) is 7.02. The largest absolute Gasteiger partial charge is 0.353 e. The van der Waals surface area contributed by atoms with E-state index in [2.05, 4.69) is 35.6 Å². The number of anilines is 1. The molecular weight excluding hydrogens is 264 g/mol. The molecule has 5 heteroatoms. The topological polar surface area (TPSA) is 49.3 Å². The van der Waals surface area contributed by atoms with E-state index in [9.17, 15) is 4.79 Å². The van der Waals surface area contributed by atoms with E-state index in [1.807, 2.05) is 24.8 Å². The molecule has 2 rings (SSSR count). The third kappa shape index (κ3) is 4.41. The number of carbonyl (C=O) groups is 1. The molecular formula is C16H26N4O. The van der Waals surface area contributed by atoms with Crippen LogP contribution in [0.1, 0.15) is 38.7 Å². The standard InChI is InChI=1S/C16H26N4O/c1-12-10-14(18-13(2)17-12)19-6-8-20(9-7-19)15(21)11-16(3,4)5/h10H,6-9,11H2,1-5H3. The van der Waals surface area contributed by atoms with Crippen molar-refractivity contribution in [3.8, 4) is 0 Å². The summed E-state index contributed by atoms with van der Waals surface area (Å²) < 4.78 is 0. The van der Waals surface area contributed by atoms with Crippen LogP contribution < -0.4 is 4.90 Å². The van der Waals surface area contributed by atoms with E-state index in [0.29, 0.717) is 6.42 Å². The van der Waals surface area contributed by atoms with Gasteiger partial charge in [-0.15, -0.1) is 0 Å². The van der Waals surface area contributed by atoms with Crippen LogP contribution in [-0.2, 0) is 4.79 Å². The van der Waals surface area contributed by atoms with E-state index in [1.54, 1.807) is 0 Å². The zero-order valence-corrected chi connectivity index (χ0v) is 13.8. The van der Waals surface area contributed by atoms with Gasteiger partial charge >= 0.3 is 0 Å². The molecule has 2 heterocycles. The molecule has 0 atom stereocenters. The summed E-state index contributed by atoms with van der Waals surface area (Å²) in [5.74, 6) is 2.04. The van der Waals surface area contributed by atoms with E-state index in [-0.39, 0.29) is 11.3 Å². The van der Waals surface area contributed by atoms with Crippen LogP contribution in [0.25, 0.3) is 0 Å². The summed E-state index contributed by atoms with van der Waals surface area (Å²) in [4.78, 5) is 25.3. The van der Waals surface area contributed by atoms with E-state index < -0.39 is 0 Å². The molecule has 0 N–H and O–H groups in total. The molecule has 0 unspecified atom stereocenters. The minimum atomic E-state index is 0.0507. The molecule has 0 aromatic carbocycles. The van der Waals surface area contributed by atoms with Crippen LogP contribution in [0.4, 0.5) is 5.82 Å².